The van der Waals surface area contributed by atoms with Crippen LogP contribution in [0.2, 0.25) is 0 Å². The van der Waals surface area contributed by atoms with Gasteiger partial charge < -0.3 is 10.1 Å². The Morgan fingerprint density at radius 1 is 1.05 bits per heavy atom. The predicted molar refractivity (Wildman–Crippen MR) is 77.5 cm³/mol. The molecule has 3 rings (SSSR count). The number of carbonyl (C=O) groups excluding carboxylic acids is 1. The van der Waals surface area contributed by atoms with Gasteiger partial charge in [0, 0.05) is 5.56 Å². The van der Waals surface area contributed by atoms with Crippen molar-refractivity contribution < 1.29 is 9.53 Å². The Kier molecular flexibility index (Phi) is 3.79. The molecule has 0 aliphatic carbocycles. The molecular formula is C17H17NO2. The van der Waals surface area contributed by atoms with Crippen molar-refractivity contribution in [3.8, 4) is 0 Å². The minimum Gasteiger partial charge on any atom is -0.375 e. The summed E-state index contributed by atoms with van der Waals surface area (Å²) in [5.74, 6) is -0.00942. The third-order valence-corrected chi connectivity index (χ3v) is 3.50. The topological polar surface area (TPSA) is 38.3 Å². The number of ether oxygens (including phenoxy) is 1. The third-order valence-electron chi connectivity index (χ3n) is 3.50. The minimum atomic E-state index is -0.00942. The summed E-state index contributed by atoms with van der Waals surface area (Å²) in [4.78, 5) is 12.3. The maximum absolute atomic E-state index is 12.3. The summed E-state index contributed by atoms with van der Waals surface area (Å²) in [5, 5.41) is 3.06. The van der Waals surface area contributed by atoms with Gasteiger partial charge in [0.2, 0.25) is 0 Å². The van der Waals surface area contributed by atoms with Gasteiger partial charge in [0.15, 0.2) is 0 Å². The molecule has 1 amide bonds. The van der Waals surface area contributed by atoms with Gasteiger partial charge in [-0.05, 0) is 23.6 Å². The average molecular weight is 267 g/mol. The van der Waals surface area contributed by atoms with Crippen LogP contribution in [0.25, 0.3) is 0 Å². The van der Waals surface area contributed by atoms with E-state index in [4.69, 9.17) is 4.74 Å². The van der Waals surface area contributed by atoms with E-state index in [1.54, 1.807) is 0 Å². The second kappa shape index (κ2) is 5.88. The number of fused-ring (bicyclic) bond motifs is 1. The molecule has 0 spiro atoms. The van der Waals surface area contributed by atoms with E-state index in [1.165, 1.54) is 5.56 Å². The molecule has 0 unspecified atom stereocenters. The third kappa shape index (κ3) is 2.89. The summed E-state index contributed by atoms with van der Waals surface area (Å²) in [6.45, 7) is 1.03. The van der Waals surface area contributed by atoms with Crippen LogP contribution in [0.15, 0.2) is 54.6 Å². The summed E-state index contributed by atoms with van der Waals surface area (Å²) < 4.78 is 5.72. The molecule has 3 heteroatoms. The number of amides is 1. The number of nitrogens with one attached hydrogen (secondary N) is 1. The number of rotatable bonds is 2. The van der Waals surface area contributed by atoms with Gasteiger partial charge in [-0.3, -0.25) is 4.79 Å². The second-order valence-corrected chi connectivity index (χ2v) is 5.03. The first-order chi connectivity index (χ1) is 9.83. The molecule has 1 aliphatic rings. The molecule has 2 aromatic carbocycles. The monoisotopic (exact) mass is 267 g/mol. The first-order valence-corrected chi connectivity index (χ1v) is 6.83. The summed E-state index contributed by atoms with van der Waals surface area (Å²) >= 11 is 0. The highest BCUT2D eigenvalue weighted by Gasteiger charge is 2.19. The largest absolute Gasteiger partial charge is 0.375 e. The Bertz CT molecular complexity index is 595. The number of hydrogen-bond acceptors (Lipinski definition) is 2. The first-order valence-electron chi connectivity index (χ1n) is 6.83. The van der Waals surface area contributed by atoms with Gasteiger partial charge in [-0.2, -0.15) is 0 Å². The summed E-state index contributed by atoms with van der Waals surface area (Å²) in [6.07, 6.45) is 0.786. The molecule has 20 heavy (non-hydrogen) atoms. The first kappa shape index (κ1) is 12.9. The molecule has 0 bridgehead atoms. The van der Waals surface area contributed by atoms with Crippen LogP contribution >= 0.6 is 0 Å². The van der Waals surface area contributed by atoms with Crippen LogP contribution < -0.4 is 5.32 Å². The summed E-state index contributed by atoms with van der Waals surface area (Å²) in [7, 11) is 0. The number of hydrogen-bond donors (Lipinski definition) is 1. The zero-order valence-corrected chi connectivity index (χ0v) is 11.2. The molecule has 0 aromatic heterocycles. The zero-order valence-electron chi connectivity index (χ0n) is 11.2. The molecule has 0 saturated heterocycles. The Hall–Kier alpha value is -2.13. The molecule has 102 valence electrons. The van der Waals surface area contributed by atoms with Gasteiger partial charge >= 0.3 is 0 Å². The van der Waals surface area contributed by atoms with Crippen LogP contribution in [0.3, 0.4) is 0 Å². The van der Waals surface area contributed by atoms with Gasteiger partial charge in [-0.15, -0.1) is 0 Å². The lowest BCUT2D eigenvalue weighted by atomic mass is 10.0. The Morgan fingerprint density at radius 2 is 1.80 bits per heavy atom. The fraction of sp³-hybridized carbons (Fsp3) is 0.235. The van der Waals surface area contributed by atoms with E-state index >= 15 is 0 Å². The average Bonchev–Trinajstić information content (AvgIpc) is 2.47. The van der Waals surface area contributed by atoms with Crippen molar-refractivity contribution in [1.29, 1.82) is 0 Å². The normalized spacial score (nSPS) is 18.6. The van der Waals surface area contributed by atoms with Crippen molar-refractivity contribution in [3.05, 3.63) is 71.3 Å². The van der Waals surface area contributed by atoms with Crippen LogP contribution in [0, 0.1) is 0 Å². The van der Waals surface area contributed by atoms with Crippen molar-refractivity contribution in [2.75, 3.05) is 6.61 Å². The maximum atomic E-state index is 12.3. The van der Waals surface area contributed by atoms with E-state index < -0.39 is 0 Å². The molecule has 0 radical (unpaired) electrons. The lowest BCUT2D eigenvalue weighted by molar-refractivity contribution is 0.0739. The molecule has 1 N–H and O–H groups in total. The van der Waals surface area contributed by atoms with Crippen molar-refractivity contribution in [3.63, 3.8) is 0 Å². The minimum absolute atomic E-state index is 0.00942. The predicted octanol–water partition coefficient (Wildman–Crippen LogP) is 2.56. The smallest absolute Gasteiger partial charge is 0.251 e. The van der Waals surface area contributed by atoms with Crippen LogP contribution in [0.4, 0.5) is 0 Å². The molecule has 1 aliphatic heterocycles. The van der Waals surface area contributed by atoms with Crippen LogP contribution in [-0.2, 0) is 17.8 Å². The molecule has 3 nitrogen and oxygen atoms in total. The van der Waals surface area contributed by atoms with Gasteiger partial charge in [0.05, 0.1) is 19.3 Å². The lowest BCUT2D eigenvalue weighted by Gasteiger charge is -2.23. The summed E-state index contributed by atoms with van der Waals surface area (Å²) in [5.41, 5.74) is 2.86. The zero-order chi connectivity index (χ0) is 13.8. The Morgan fingerprint density at radius 3 is 2.65 bits per heavy atom. The second-order valence-electron chi connectivity index (χ2n) is 5.03. The van der Waals surface area contributed by atoms with Crippen molar-refractivity contribution in [1.82, 2.24) is 5.32 Å². The summed E-state index contributed by atoms with van der Waals surface area (Å²) in [6, 6.07) is 17.8. The van der Waals surface area contributed by atoms with Gasteiger partial charge in [0.1, 0.15) is 0 Å². The van der Waals surface area contributed by atoms with Gasteiger partial charge in [0.25, 0.3) is 5.91 Å². The van der Waals surface area contributed by atoms with Crippen molar-refractivity contribution in [2.45, 2.75) is 19.1 Å². The number of carbonyl (C=O) groups is 1. The SMILES string of the molecule is O=C1N[C@H](Cc2ccccc2)COCc2ccccc21. The molecular weight excluding hydrogens is 250 g/mol. The Labute approximate surface area is 118 Å². The molecule has 2 aromatic rings. The highest BCUT2D eigenvalue weighted by molar-refractivity contribution is 5.95. The van der Waals surface area contributed by atoms with E-state index in [1.807, 2.05) is 42.5 Å². The Balaban J connectivity index is 1.76. The van der Waals surface area contributed by atoms with Crippen LogP contribution in [0.5, 0.6) is 0 Å². The standard InChI is InChI=1S/C17H17NO2/c19-17-16-9-5-4-8-14(16)11-20-12-15(18-17)10-13-6-2-1-3-7-13/h1-9,15H,10-12H2,(H,18,19)/t15-/m1/s1. The molecule has 0 fully saturated rings. The van der Waals surface area contributed by atoms with Crippen LogP contribution in [-0.4, -0.2) is 18.6 Å². The maximum Gasteiger partial charge on any atom is 0.251 e. The van der Waals surface area contributed by atoms with Crippen LogP contribution in [0.1, 0.15) is 21.5 Å². The quantitative estimate of drug-likeness (QED) is 0.908. The van der Waals surface area contributed by atoms with Crippen molar-refractivity contribution in [2.24, 2.45) is 0 Å². The van der Waals surface area contributed by atoms with E-state index in [2.05, 4.69) is 17.4 Å². The van der Waals surface area contributed by atoms with E-state index in [-0.39, 0.29) is 11.9 Å². The van der Waals surface area contributed by atoms with E-state index in [9.17, 15) is 4.79 Å². The van der Waals surface area contributed by atoms with E-state index in [0.29, 0.717) is 18.8 Å². The van der Waals surface area contributed by atoms with Crippen molar-refractivity contribution >= 4 is 5.91 Å². The van der Waals surface area contributed by atoms with Gasteiger partial charge in [-0.25, -0.2) is 0 Å². The molecule has 0 saturated carbocycles. The lowest BCUT2D eigenvalue weighted by Crippen LogP contribution is -2.41. The highest BCUT2D eigenvalue weighted by Crippen LogP contribution is 2.14. The number of benzene rings is 2. The van der Waals surface area contributed by atoms with Gasteiger partial charge in [-0.1, -0.05) is 48.5 Å². The van der Waals surface area contributed by atoms with E-state index in [0.717, 1.165) is 12.0 Å². The fourth-order valence-electron chi connectivity index (χ4n) is 2.49. The fourth-order valence-corrected chi connectivity index (χ4v) is 2.49. The molecule has 1 heterocycles. The molecule has 1 atom stereocenters. The highest BCUT2D eigenvalue weighted by atomic mass is 16.5.